The van der Waals surface area contributed by atoms with E-state index in [1.807, 2.05) is 14.1 Å². The molecule has 1 unspecified atom stereocenters. The van der Waals surface area contributed by atoms with Crippen molar-refractivity contribution in [2.45, 2.75) is 26.8 Å². The van der Waals surface area contributed by atoms with Crippen LogP contribution in [0.1, 0.15) is 20.8 Å². The molecule has 0 aliphatic rings. The highest BCUT2D eigenvalue weighted by Crippen LogP contribution is 1.90. The molecule has 5 heteroatoms. The number of carboxylic acid groups (broad SMARTS) is 1. The van der Waals surface area contributed by atoms with Crippen LogP contribution in [0.25, 0.3) is 0 Å². The summed E-state index contributed by atoms with van der Waals surface area (Å²) in [4.78, 5) is 22.7. The summed E-state index contributed by atoms with van der Waals surface area (Å²) in [5, 5.41) is 10.7. The van der Waals surface area contributed by atoms with Crippen molar-refractivity contribution in [1.29, 1.82) is 0 Å². The van der Waals surface area contributed by atoms with Gasteiger partial charge in [-0.05, 0) is 34.9 Å². The molecule has 0 aliphatic carbocycles. The SMILES string of the molecule is C=C(C)C(=O)NCC(C)N(C)C.C=C(C)C(=O)O. The smallest absolute Gasteiger partial charge is 0.330 e. The summed E-state index contributed by atoms with van der Waals surface area (Å²) in [5.74, 6) is -1.00. The third-order valence-corrected chi connectivity index (χ3v) is 2.19. The molecule has 104 valence electrons. The molecular formula is C13H24N2O3. The first-order valence-corrected chi connectivity index (χ1v) is 5.58. The zero-order chi connectivity index (χ0) is 14.9. The quantitative estimate of drug-likeness (QED) is 0.727. The van der Waals surface area contributed by atoms with E-state index in [9.17, 15) is 9.59 Å². The van der Waals surface area contributed by atoms with Crippen molar-refractivity contribution in [2.24, 2.45) is 0 Å². The highest BCUT2D eigenvalue weighted by Gasteiger charge is 2.06. The van der Waals surface area contributed by atoms with Gasteiger partial charge < -0.3 is 15.3 Å². The van der Waals surface area contributed by atoms with Crippen LogP contribution in [0.3, 0.4) is 0 Å². The molecule has 0 saturated heterocycles. The monoisotopic (exact) mass is 256 g/mol. The van der Waals surface area contributed by atoms with Crippen LogP contribution in [0.2, 0.25) is 0 Å². The molecule has 0 aromatic rings. The van der Waals surface area contributed by atoms with Crippen LogP contribution in [0.15, 0.2) is 24.3 Å². The van der Waals surface area contributed by atoms with Gasteiger partial charge >= 0.3 is 5.97 Å². The van der Waals surface area contributed by atoms with Crippen molar-refractivity contribution in [3.8, 4) is 0 Å². The van der Waals surface area contributed by atoms with Crippen molar-refractivity contribution < 1.29 is 14.7 Å². The van der Waals surface area contributed by atoms with Gasteiger partial charge in [-0.3, -0.25) is 4.79 Å². The first-order chi connectivity index (χ1) is 8.09. The molecule has 0 spiro atoms. The van der Waals surface area contributed by atoms with Gasteiger partial charge in [-0.25, -0.2) is 4.79 Å². The lowest BCUT2D eigenvalue weighted by molar-refractivity contribution is -0.132. The lowest BCUT2D eigenvalue weighted by Crippen LogP contribution is -2.38. The Hall–Kier alpha value is -1.62. The fourth-order valence-electron chi connectivity index (χ4n) is 0.574. The first kappa shape index (κ1) is 18.7. The molecule has 2 N–H and O–H groups in total. The Kier molecular flexibility index (Phi) is 9.80. The number of nitrogens with one attached hydrogen (secondary N) is 1. The van der Waals surface area contributed by atoms with E-state index < -0.39 is 5.97 Å². The van der Waals surface area contributed by atoms with Gasteiger partial charge in [0.25, 0.3) is 0 Å². The third kappa shape index (κ3) is 10.9. The Labute approximate surface area is 109 Å². The molecule has 0 aromatic carbocycles. The number of rotatable bonds is 5. The van der Waals surface area contributed by atoms with Gasteiger partial charge in [0.05, 0.1) is 0 Å². The van der Waals surface area contributed by atoms with E-state index in [0.717, 1.165) is 0 Å². The van der Waals surface area contributed by atoms with Crippen molar-refractivity contribution in [3.05, 3.63) is 24.3 Å². The molecule has 0 fully saturated rings. The lowest BCUT2D eigenvalue weighted by atomic mass is 10.3. The largest absolute Gasteiger partial charge is 0.478 e. The number of carbonyl (C=O) groups is 2. The Bertz CT molecular complexity index is 310. The van der Waals surface area contributed by atoms with E-state index >= 15 is 0 Å². The predicted molar refractivity (Wildman–Crippen MR) is 73.4 cm³/mol. The second kappa shape index (κ2) is 9.41. The summed E-state index contributed by atoms with van der Waals surface area (Å²) in [6.45, 7) is 12.6. The fraction of sp³-hybridized carbons (Fsp3) is 0.538. The van der Waals surface area contributed by atoms with E-state index in [1.54, 1.807) is 6.92 Å². The molecule has 1 atom stereocenters. The van der Waals surface area contributed by atoms with Gasteiger partial charge in [0.2, 0.25) is 5.91 Å². The summed E-state index contributed by atoms with van der Waals surface area (Å²) in [6, 6.07) is 0.355. The Morgan fingerprint density at radius 1 is 1.22 bits per heavy atom. The molecule has 0 aromatic heterocycles. The minimum atomic E-state index is -0.935. The maximum absolute atomic E-state index is 11.0. The summed E-state index contributed by atoms with van der Waals surface area (Å²) >= 11 is 0. The summed E-state index contributed by atoms with van der Waals surface area (Å²) in [7, 11) is 3.97. The molecule has 0 bridgehead atoms. The van der Waals surface area contributed by atoms with Gasteiger partial charge in [0, 0.05) is 23.7 Å². The van der Waals surface area contributed by atoms with Crippen LogP contribution < -0.4 is 5.32 Å². The number of carbonyl (C=O) groups excluding carboxylic acids is 1. The van der Waals surface area contributed by atoms with Crippen LogP contribution in [-0.4, -0.2) is 48.6 Å². The molecular weight excluding hydrogens is 232 g/mol. The molecule has 0 radical (unpaired) electrons. The highest BCUT2D eigenvalue weighted by molar-refractivity contribution is 5.92. The number of hydrogen-bond donors (Lipinski definition) is 2. The minimum Gasteiger partial charge on any atom is -0.478 e. The minimum absolute atomic E-state index is 0.0660. The van der Waals surface area contributed by atoms with Crippen molar-refractivity contribution in [3.63, 3.8) is 0 Å². The van der Waals surface area contributed by atoms with Crippen molar-refractivity contribution in [1.82, 2.24) is 10.2 Å². The topological polar surface area (TPSA) is 69.6 Å². The van der Waals surface area contributed by atoms with Gasteiger partial charge in [-0.2, -0.15) is 0 Å². The maximum atomic E-state index is 11.0. The summed E-state index contributed by atoms with van der Waals surface area (Å²) in [6.07, 6.45) is 0. The predicted octanol–water partition coefficient (Wildman–Crippen LogP) is 1.28. The zero-order valence-electron chi connectivity index (χ0n) is 11.9. The lowest BCUT2D eigenvalue weighted by Gasteiger charge is -2.19. The first-order valence-electron chi connectivity index (χ1n) is 5.58. The van der Waals surface area contributed by atoms with E-state index in [1.165, 1.54) is 6.92 Å². The summed E-state index contributed by atoms with van der Waals surface area (Å²) in [5.41, 5.74) is 0.732. The van der Waals surface area contributed by atoms with Crippen molar-refractivity contribution in [2.75, 3.05) is 20.6 Å². The molecule has 5 nitrogen and oxygen atoms in total. The second-order valence-corrected chi connectivity index (χ2v) is 4.39. The third-order valence-electron chi connectivity index (χ3n) is 2.19. The van der Waals surface area contributed by atoms with Gasteiger partial charge in [-0.1, -0.05) is 13.2 Å². The van der Waals surface area contributed by atoms with Gasteiger partial charge in [0.15, 0.2) is 0 Å². The highest BCUT2D eigenvalue weighted by atomic mass is 16.4. The van der Waals surface area contributed by atoms with E-state index in [-0.39, 0.29) is 11.5 Å². The molecule has 0 aliphatic heterocycles. The molecule has 1 amide bonds. The normalized spacial score (nSPS) is 11.0. The molecule has 0 heterocycles. The van der Waals surface area contributed by atoms with Gasteiger partial charge in [-0.15, -0.1) is 0 Å². The molecule has 0 rings (SSSR count). The number of hydrogen-bond acceptors (Lipinski definition) is 3. The number of aliphatic carboxylic acids is 1. The number of nitrogens with zero attached hydrogens (tertiary/aromatic N) is 1. The van der Waals surface area contributed by atoms with Crippen molar-refractivity contribution >= 4 is 11.9 Å². The van der Waals surface area contributed by atoms with E-state index in [0.29, 0.717) is 18.2 Å². The number of carboxylic acids is 1. The van der Waals surface area contributed by atoms with Crippen LogP contribution in [0.5, 0.6) is 0 Å². The average molecular weight is 256 g/mol. The number of likely N-dealkylation sites (N-methyl/N-ethyl adjacent to an activating group) is 1. The van der Waals surface area contributed by atoms with Crippen LogP contribution in [0, 0.1) is 0 Å². The van der Waals surface area contributed by atoms with Crippen LogP contribution in [-0.2, 0) is 9.59 Å². The van der Waals surface area contributed by atoms with E-state index in [2.05, 4.69) is 30.3 Å². The van der Waals surface area contributed by atoms with Crippen LogP contribution >= 0.6 is 0 Å². The van der Waals surface area contributed by atoms with E-state index in [4.69, 9.17) is 5.11 Å². The Balaban J connectivity index is 0. The molecule has 0 saturated carbocycles. The zero-order valence-corrected chi connectivity index (χ0v) is 11.9. The fourth-order valence-corrected chi connectivity index (χ4v) is 0.574. The standard InChI is InChI=1S/C9H18N2O.C4H6O2/c1-7(2)9(12)10-6-8(3)11(4)5;1-3(2)4(5)6/h8H,1,6H2,2-5H3,(H,10,12);1H2,2H3,(H,5,6). The summed E-state index contributed by atoms with van der Waals surface area (Å²) < 4.78 is 0. The number of amides is 1. The maximum Gasteiger partial charge on any atom is 0.330 e. The van der Waals surface area contributed by atoms with Crippen LogP contribution in [0.4, 0.5) is 0 Å². The Morgan fingerprint density at radius 3 is 1.83 bits per heavy atom. The average Bonchev–Trinajstić information content (AvgIpc) is 2.25. The Morgan fingerprint density at radius 2 is 1.61 bits per heavy atom. The van der Waals surface area contributed by atoms with Gasteiger partial charge in [0.1, 0.15) is 0 Å². The molecule has 18 heavy (non-hydrogen) atoms. The second-order valence-electron chi connectivity index (χ2n) is 4.39.